The van der Waals surface area contributed by atoms with Crippen LogP contribution in [0.2, 0.25) is 0 Å². The minimum Gasteiger partial charge on any atom is -0.377 e. The van der Waals surface area contributed by atoms with E-state index in [2.05, 4.69) is 37.0 Å². The Hall–Kier alpha value is -1.66. The van der Waals surface area contributed by atoms with Crippen molar-refractivity contribution >= 4 is 23.0 Å². The monoisotopic (exact) mass is 278 g/mol. The number of anilines is 2. The zero-order valence-electron chi connectivity index (χ0n) is 11.4. The summed E-state index contributed by atoms with van der Waals surface area (Å²) in [5.41, 5.74) is 1.28. The molecule has 102 valence electrons. The van der Waals surface area contributed by atoms with Crippen LogP contribution in [0, 0.1) is 0 Å². The van der Waals surface area contributed by atoms with Gasteiger partial charge in [0.15, 0.2) is 5.82 Å². The first-order valence-electron chi connectivity index (χ1n) is 5.99. The molecule has 2 aromatic rings. The zero-order chi connectivity index (χ0) is 13.7. The third-order valence-electron chi connectivity index (χ3n) is 2.68. The van der Waals surface area contributed by atoms with Gasteiger partial charge in [-0.2, -0.15) is 11.3 Å². The van der Waals surface area contributed by atoms with Gasteiger partial charge in [-0.05, 0) is 22.4 Å². The van der Waals surface area contributed by atoms with Crippen LogP contribution in [-0.4, -0.2) is 31.2 Å². The SMILES string of the molecule is CNc1cc(N(C)Cc2ccsc2)nc(COC)n1. The van der Waals surface area contributed by atoms with Crippen molar-refractivity contribution in [2.45, 2.75) is 13.2 Å². The van der Waals surface area contributed by atoms with Gasteiger partial charge in [-0.15, -0.1) is 0 Å². The highest BCUT2D eigenvalue weighted by Crippen LogP contribution is 2.18. The summed E-state index contributed by atoms with van der Waals surface area (Å²) in [7, 11) is 5.52. The van der Waals surface area contributed by atoms with Crippen LogP contribution in [0.1, 0.15) is 11.4 Å². The second kappa shape index (κ2) is 6.49. The van der Waals surface area contributed by atoms with Gasteiger partial charge in [-0.3, -0.25) is 0 Å². The zero-order valence-corrected chi connectivity index (χ0v) is 12.2. The molecule has 0 radical (unpaired) electrons. The summed E-state index contributed by atoms with van der Waals surface area (Å²) in [5.74, 6) is 2.37. The lowest BCUT2D eigenvalue weighted by Gasteiger charge is -2.19. The van der Waals surface area contributed by atoms with Gasteiger partial charge in [0.25, 0.3) is 0 Å². The number of ether oxygens (including phenoxy) is 1. The topological polar surface area (TPSA) is 50.3 Å². The standard InChI is InChI=1S/C13H18N4OS/c1-14-11-6-13(16-12(15-11)8-18-3)17(2)7-10-4-5-19-9-10/h4-6,9H,7-8H2,1-3H3,(H,14,15,16). The molecular formula is C13H18N4OS. The normalized spacial score (nSPS) is 10.5. The third kappa shape index (κ3) is 3.65. The van der Waals surface area contributed by atoms with E-state index in [1.807, 2.05) is 20.2 Å². The van der Waals surface area contributed by atoms with Crippen molar-refractivity contribution in [3.63, 3.8) is 0 Å². The molecule has 0 aromatic carbocycles. The van der Waals surface area contributed by atoms with Gasteiger partial charge < -0.3 is 15.0 Å². The molecule has 0 aliphatic carbocycles. The van der Waals surface area contributed by atoms with Gasteiger partial charge in [-0.25, -0.2) is 9.97 Å². The maximum Gasteiger partial charge on any atom is 0.158 e. The second-order valence-corrected chi connectivity index (χ2v) is 4.98. The molecule has 6 heteroatoms. The lowest BCUT2D eigenvalue weighted by molar-refractivity contribution is 0.178. The predicted molar refractivity (Wildman–Crippen MR) is 78.7 cm³/mol. The summed E-state index contributed by atoms with van der Waals surface area (Å²) in [4.78, 5) is 11.0. The number of aromatic nitrogens is 2. The number of nitrogens with zero attached hydrogens (tertiary/aromatic N) is 3. The highest BCUT2D eigenvalue weighted by molar-refractivity contribution is 7.07. The molecule has 0 unspecified atom stereocenters. The van der Waals surface area contributed by atoms with Crippen LogP contribution in [0.3, 0.4) is 0 Å². The number of hydrogen-bond acceptors (Lipinski definition) is 6. The Morgan fingerprint density at radius 1 is 1.42 bits per heavy atom. The first-order chi connectivity index (χ1) is 9.22. The Morgan fingerprint density at radius 2 is 2.26 bits per heavy atom. The average molecular weight is 278 g/mol. The van der Waals surface area contributed by atoms with E-state index >= 15 is 0 Å². The van der Waals surface area contributed by atoms with E-state index in [0.29, 0.717) is 12.4 Å². The minimum atomic E-state index is 0.412. The van der Waals surface area contributed by atoms with Crippen molar-refractivity contribution in [2.75, 3.05) is 31.4 Å². The quantitative estimate of drug-likeness (QED) is 0.879. The third-order valence-corrected chi connectivity index (χ3v) is 3.41. The number of methoxy groups -OCH3 is 1. The largest absolute Gasteiger partial charge is 0.377 e. The van der Waals surface area contributed by atoms with E-state index in [0.717, 1.165) is 18.2 Å². The molecule has 2 rings (SSSR count). The van der Waals surface area contributed by atoms with E-state index in [-0.39, 0.29) is 0 Å². The molecule has 0 aliphatic rings. The van der Waals surface area contributed by atoms with Gasteiger partial charge in [0, 0.05) is 33.8 Å². The maximum absolute atomic E-state index is 5.10. The molecule has 0 fully saturated rings. The van der Waals surface area contributed by atoms with Crippen LogP contribution in [-0.2, 0) is 17.9 Å². The lowest BCUT2D eigenvalue weighted by atomic mass is 10.3. The molecule has 19 heavy (non-hydrogen) atoms. The number of hydrogen-bond donors (Lipinski definition) is 1. The smallest absolute Gasteiger partial charge is 0.158 e. The van der Waals surface area contributed by atoms with Gasteiger partial charge in [0.05, 0.1) is 0 Å². The van der Waals surface area contributed by atoms with Crippen LogP contribution >= 0.6 is 11.3 Å². The van der Waals surface area contributed by atoms with E-state index in [1.54, 1.807) is 18.4 Å². The molecule has 2 aromatic heterocycles. The van der Waals surface area contributed by atoms with Crippen LogP contribution < -0.4 is 10.2 Å². The first-order valence-corrected chi connectivity index (χ1v) is 6.94. The Morgan fingerprint density at radius 3 is 2.89 bits per heavy atom. The van der Waals surface area contributed by atoms with E-state index in [4.69, 9.17) is 4.74 Å². The summed E-state index contributed by atoms with van der Waals surface area (Å²) >= 11 is 1.70. The second-order valence-electron chi connectivity index (χ2n) is 4.20. The van der Waals surface area contributed by atoms with E-state index < -0.39 is 0 Å². The molecule has 0 bridgehead atoms. The van der Waals surface area contributed by atoms with Crippen LogP contribution in [0.4, 0.5) is 11.6 Å². The average Bonchev–Trinajstić information content (AvgIpc) is 2.91. The molecule has 0 saturated carbocycles. The Bertz CT molecular complexity index is 515. The van der Waals surface area contributed by atoms with E-state index in [1.165, 1.54) is 5.56 Å². The minimum absolute atomic E-state index is 0.412. The highest BCUT2D eigenvalue weighted by atomic mass is 32.1. The summed E-state index contributed by atoms with van der Waals surface area (Å²) in [6.07, 6.45) is 0. The van der Waals surface area contributed by atoms with Crippen LogP contribution in [0.5, 0.6) is 0 Å². The summed E-state index contributed by atoms with van der Waals surface area (Å²) in [6, 6.07) is 4.06. The van der Waals surface area contributed by atoms with Crippen molar-refractivity contribution in [3.05, 3.63) is 34.3 Å². The first kappa shape index (κ1) is 13.8. The van der Waals surface area contributed by atoms with Crippen molar-refractivity contribution in [2.24, 2.45) is 0 Å². The van der Waals surface area contributed by atoms with Crippen molar-refractivity contribution < 1.29 is 4.74 Å². The summed E-state index contributed by atoms with van der Waals surface area (Å²) < 4.78 is 5.10. The van der Waals surface area contributed by atoms with Crippen molar-refractivity contribution in [1.82, 2.24) is 9.97 Å². The molecule has 0 atom stereocenters. The fraction of sp³-hybridized carbons (Fsp3) is 0.385. The fourth-order valence-corrected chi connectivity index (χ4v) is 2.40. The highest BCUT2D eigenvalue weighted by Gasteiger charge is 2.08. The molecule has 1 N–H and O–H groups in total. The summed E-state index contributed by atoms with van der Waals surface area (Å²) in [5, 5.41) is 7.28. The molecular weight excluding hydrogens is 260 g/mol. The van der Waals surface area contributed by atoms with Crippen LogP contribution in [0.25, 0.3) is 0 Å². The maximum atomic E-state index is 5.10. The van der Waals surface area contributed by atoms with Gasteiger partial charge in [0.1, 0.15) is 18.2 Å². The molecule has 0 saturated heterocycles. The number of rotatable bonds is 6. The molecule has 0 aliphatic heterocycles. The van der Waals surface area contributed by atoms with Crippen molar-refractivity contribution in [1.29, 1.82) is 0 Å². The predicted octanol–water partition coefficient (Wildman–Crippen LogP) is 2.36. The Kier molecular flexibility index (Phi) is 4.70. The number of thiophene rings is 1. The van der Waals surface area contributed by atoms with Gasteiger partial charge in [-0.1, -0.05) is 0 Å². The summed E-state index contributed by atoms with van der Waals surface area (Å²) in [6.45, 7) is 1.24. The number of nitrogens with one attached hydrogen (secondary N) is 1. The van der Waals surface area contributed by atoms with Crippen LogP contribution in [0.15, 0.2) is 22.9 Å². The molecule has 0 amide bonds. The van der Waals surface area contributed by atoms with E-state index in [9.17, 15) is 0 Å². The Labute approximate surface area is 117 Å². The fourth-order valence-electron chi connectivity index (χ4n) is 1.74. The lowest BCUT2D eigenvalue weighted by Crippen LogP contribution is -2.19. The van der Waals surface area contributed by atoms with Crippen molar-refractivity contribution in [3.8, 4) is 0 Å². The Balaban J connectivity index is 2.19. The van der Waals surface area contributed by atoms with Gasteiger partial charge >= 0.3 is 0 Å². The molecule has 2 heterocycles. The molecule has 0 spiro atoms. The molecule has 5 nitrogen and oxygen atoms in total. The van der Waals surface area contributed by atoms with Gasteiger partial charge in [0.2, 0.25) is 0 Å².